The summed E-state index contributed by atoms with van der Waals surface area (Å²) >= 11 is 3.39. The summed E-state index contributed by atoms with van der Waals surface area (Å²) in [5.74, 6) is 0.541. The van der Waals surface area contributed by atoms with Crippen LogP contribution in [0.5, 0.6) is 0 Å². The molecule has 4 nitrogen and oxygen atoms in total. The van der Waals surface area contributed by atoms with E-state index >= 15 is 0 Å². The van der Waals surface area contributed by atoms with Crippen LogP contribution in [0.25, 0.3) is 0 Å². The van der Waals surface area contributed by atoms with Crippen molar-refractivity contribution >= 4 is 28.6 Å². The predicted octanol–water partition coefficient (Wildman–Crippen LogP) is 3.64. The normalized spacial score (nSPS) is 16.1. The number of carbonyl (C=O) groups excluding carboxylic acids is 1. The number of nitrogens with zero attached hydrogens (tertiary/aromatic N) is 3. The number of rotatable bonds is 5. The maximum atomic E-state index is 12.8. The lowest BCUT2D eigenvalue weighted by Crippen LogP contribution is -2.49. The van der Waals surface area contributed by atoms with Crippen LogP contribution in [-0.4, -0.2) is 53.4 Å². The molecule has 0 aromatic carbocycles. The number of aryl methyl sites for hydroxylation is 1. The third-order valence-electron chi connectivity index (χ3n) is 4.42. The molecule has 3 heterocycles. The summed E-state index contributed by atoms with van der Waals surface area (Å²) in [5.41, 5.74) is 0.883. The van der Waals surface area contributed by atoms with Gasteiger partial charge < -0.3 is 4.90 Å². The summed E-state index contributed by atoms with van der Waals surface area (Å²) in [5, 5.41) is 3.19. The first-order valence-electron chi connectivity index (χ1n) is 8.56. The van der Waals surface area contributed by atoms with Gasteiger partial charge in [0.2, 0.25) is 0 Å². The number of thiophene rings is 1. The molecule has 0 atom stereocenters. The number of hydrogen-bond acceptors (Lipinski definition) is 5. The minimum atomic E-state index is 0.162. The Labute approximate surface area is 152 Å². The van der Waals surface area contributed by atoms with Crippen LogP contribution in [0.2, 0.25) is 0 Å². The Balaban J connectivity index is 1.53. The van der Waals surface area contributed by atoms with Crippen molar-refractivity contribution in [3.05, 3.63) is 38.0 Å². The van der Waals surface area contributed by atoms with Crippen LogP contribution < -0.4 is 0 Å². The summed E-state index contributed by atoms with van der Waals surface area (Å²) in [4.78, 5) is 24.1. The molecule has 0 spiro atoms. The van der Waals surface area contributed by atoms with Crippen molar-refractivity contribution in [1.29, 1.82) is 0 Å². The van der Waals surface area contributed by atoms with Crippen LogP contribution >= 0.6 is 22.7 Å². The van der Waals surface area contributed by atoms with E-state index in [-0.39, 0.29) is 5.91 Å². The topological polar surface area (TPSA) is 36.4 Å². The maximum Gasteiger partial charge on any atom is 0.265 e. The first-order chi connectivity index (χ1) is 11.5. The standard InChI is InChI=1S/C18H25N3OS2/c1-13(2)17-19-14(3)16(24-17)18(22)21-10-8-20(9-11-21)7-6-15-5-4-12-23-15/h4-5,12-13H,6-11H2,1-3H3. The molecule has 1 saturated heterocycles. The molecular weight excluding hydrogens is 338 g/mol. The molecule has 0 unspecified atom stereocenters. The van der Waals surface area contributed by atoms with Gasteiger partial charge in [-0.05, 0) is 24.8 Å². The lowest BCUT2D eigenvalue weighted by atomic mass is 10.2. The van der Waals surface area contributed by atoms with E-state index in [0.29, 0.717) is 5.92 Å². The highest BCUT2D eigenvalue weighted by Crippen LogP contribution is 2.26. The largest absolute Gasteiger partial charge is 0.335 e. The van der Waals surface area contributed by atoms with E-state index in [0.717, 1.165) is 54.7 Å². The summed E-state index contributed by atoms with van der Waals surface area (Å²) in [7, 11) is 0. The van der Waals surface area contributed by atoms with Crippen LogP contribution in [-0.2, 0) is 6.42 Å². The molecule has 24 heavy (non-hydrogen) atoms. The van der Waals surface area contributed by atoms with Crippen LogP contribution in [0.3, 0.4) is 0 Å². The summed E-state index contributed by atoms with van der Waals surface area (Å²) in [6.07, 6.45) is 1.11. The van der Waals surface area contributed by atoms with E-state index < -0.39 is 0 Å². The zero-order valence-electron chi connectivity index (χ0n) is 14.6. The number of aromatic nitrogens is 1. The van der Waals surface area contributed by atoms with Gasteiger partial charge in [0.1, 0.15) is 4.88 Å². The number of thiazole rings is 1. The van der Waals surface area contributed by atoms with Gasteiger partial charge in [-0.3, -0.25) is 9.69 Å². The smallest absolute Gasteiger partial charge is 0.265 e. The molecule has 2 aromatic rings. The van der Waals surface area contributed by atoms with E-state index in [9.17, 15) is 4.79 Å². The molecule has 1 aliphatic heterocycles. The number of carbonyl (C=O) groups is 1. The second-order valence-corrected chi connectivity index (χ2v) is 8.65. The quantitative estimate of drug-likeness (QED) is 0.814. The van der Waals surface area contributed by atoms with Crippen molar-refractivity contribution in [3.8, 4) is 0 Å². The lowest BCUT2D eigenvalue weighted by Gasteiger charge is -2.34. The van der Waals surface area contributed by atoms with Crippen LogP contribution in [0, 0.1) is 6.92 Å². The van der Waals surface area contributed by atoms with Crippen molar-refractivity contribution < 1.29 is 4.79 Å². The fraction of sp³-hybridized carbons (Fsp3) is 0.556. The van der Waals surface area contributed by atoms with Gasteiger partial charge in [0.05, 0.1) is 10.7 Å². The Bertz CT molecular complexity index is 671. The Morgan fingerprint density at radius 1 is 1.29 bits per heavy atom. The molecule has 6 heteroatoms. The van der Waals surface area contributed by atoms with Gasteiger partial charge in [-0.15, -0.1) is 22.7 Å². The molecule has 0 aliphatic carbocycles. The third-order valence-corrected chi connectivity index (χ3v) is 6.80. The minimum absolute atomic E-state index is 0.162. The average Bonchev–Trinajstić information content (AvgIpc) is 3.22. The molecule has 2 aromatic heterocycles. The first-order valence-corrected chi connectivity index (χ1v) is 10.3. The Morgan fingerprint density at radius 3 is 2.62 bits per heavy atom. The molecule has 130 valence electrons. The summed E-state index contributed by atoms with van der Waals surface area (Å²) in [6, 6.07) is 4.31. The summed E-state index contributed by atoms with van der Waals surface area (Å²) in [6.45, 7) is 10.8. The van der Waals surface area contributed by atoms with Crippen molar-refractivity contribution in [2.75, 3.05) is 32.7 Å². The molecule has 0 saturated carbocycles. The second kappa shape index (κ2) is 7.76. The maximum absolute atomic E-state index is 12.8. The SMILES string of the molecule is Cc1nc(C(C)C)sc1C(=O)N1CCN(CCc2cccs2)CC1. The molecule has 0 bridgehead atoms. The Hall–Kier alpha value is -1.24. The Kier molecular flexibility index (Phi) is 5.69. The predicted molar refractivity (Wildman–Crippen MR) is 101 cm³/mol. The van der Waals surface area contributed by atoms with E-state index in [4.69, 9.17) is 0 Å². The second-order valence-electron chi connectivity index (χ2n) is 6.58. The van der Waals surface area contributed by atoms with Crippen molar-refractivity contribution in [2.45, 2.75) is 33.1 Å². The minimum Gasteiger partial charge on any atom is -0.335 e. The lowest BCUT2D eigenvalue weighted by molar-refractivity contribution is 0.0642. The highest BCUT2D eigenvalue weighted by atomic mass is 32.1. The van der Waals surface area contributed by atoms with E-state index in [2.05, 4.69) is 41.2 Å². The molecule has 0 N–H and O–H groups in total. The van der Waals surface area contributed by atoms with Gasteiger partial charge in [-0.2, -0.15) is 0 Å². The van der Waals surface area contributed by atoms with Gasteiger partial charge in [0, 0.05) is 43.5 Å². The van der Waals surface area contributed by atoms with Gasteiger partial charge in [0.25, 0.3) is 5.91 Å². The molecule has 1 amide bonds. The average molecular weight is 364 g/mol. The monoisotopic (exact) mass is 363 g/mol. The highest BCUT2D eigenvalue weighted by Gasteiger charge is 2.25. The number of piperazine rings is 1. The van der Waals surface area contributed by atoms with E-state index in [1.54, 1.807) is 11.3 Å². The summed E-state index contributed by atoms with van der Waals surface area (Å²) < 4.78 is 0. The number of hydrogen-bond donors (Lipinski definition) is 0. The van der Waals surface area contributed by atoms with Crippen LogP contribution in [0.4, 0.5) is 0 Å². The fourth-order valence-corrected chi connectivity index (χ4v) is 4.64. The van der Waals surface area contributed by atoms with E-state index in [1.807, 2.05) is 23.2 Å². The van der Waals surface area contributed by atoms with Crippen molar-refractivity contribution in [1.82, 2.24) is 14.8 Å². The molecule has 1 fully saturated rings. The Morgan fingerprint density at radius 2 is 2.04 bits per heavy atom. The van der Waals surface area contributed by atoms with Gasteiger partial charge in [0.15, 0.2) is 0 Å². The number of amides is 1. The molecular formula is C18H25N3OS2. The molecule has 1 aliphatic rings. The van der Waals surface area contributed by atoms with Crippen molar-refractivity contribution in [3.63, 3.8) is 0 Å². The van der Waals surface area contributed by atoms with Gasteiger partial charge >= 0.3 is 0 Å². The van der Waals surface area contributed by atoms with Crippen LogP contribution in [0.15, 0.2) is 17.5 Å². The highest BCUT2D eigenvalue weighted by molar-refractivity contribution is 7.13. The van der Waals surface area contributed by atoms with Crippen molar-refractivity contribution in [2.24, 2.45) is 0 Å². The zero-order valence-corrected chi connectivity index (χ0v) is 16.3. The van der Waals surface area contributed by atoms with Gasteiger partial charge in [-0.25, -0.2) is 4.98 Å². The van der Waals surface area contributed by atoms with Gasteiger partial charge in [-0.1, -0.05) is 19.9 Å². The fourth-order valence-electron chi connectivity index (χ4n) is 2.90. The van der Waals surface area contributed by atoms with Crippen LogP contribution in [0.1, 0.15) is 45.0 Å². The zero-order chi connectivity index (χ0) is 17.1. The molecule has 3 rings (SSSR count). The van der Waals surface area contributed by atoms with E-state index in [1.165, 1.54) is 4.88 Å². The molecule has 0 radical (unpaired) electrons. The third kappa shape index (κ3) is 4.05. The first kappa shape index (κ1) is 17.6.